The average molecular weight is 377 g/mol. The van der Waals surface area contributed by atoms with Gasteiger partial charge < -0.3 is 5.32 Å². The summed E-state index contributed by atoms with van der Waals surface area (Å²) < 4.78 is 43.0. The minimum absolute atomic E-state index is 0.0766. The van der Waals surface area contributed by atoms with E-state index in [0.717, 1.165) is 24.1 Å². The van der Waals surface area contributed by atoms with Gasteiger partial charge in [0.25, 0.3) is 0 Å². The molecule has 0 spiro atoms. The quantitative estimate of drug-likeness (QED) is 0.667. The zero-order valence-electron chi connectivity index (χ0n) is 14.6. The maximum atomic E-state index is 13.7. The van der Waals surface area contributed by atoms with Crippen LogP contribution in [0.2, 0.25) is 0 Å². The topological polar surface area (TPSA) is 56.0 Å². The molecule has 0 aliphatic carbocycles. The molecule has 1 heterocycles. The van der Waals surface area contributed by atoms with Crippen molar-refractivity contribution in [1.29, 1.82) is 0 Å². The number of benzene rings is 2. The largest absolute Gasteiger partial charge is 0.329 e. The maximum absolute atomic E-state index is 13.7. The normalized spacial score (nSPS) is 11.1. The molecule has 1 amide bonds. The Kier molecular flexibility index (Phi) is 5.34. The number of imidazole rings is 1. The molecular formula is C19H18F3N3O2. The molecule has 1 N–H and O–H groups in total. The van der Waals surface area contributed by atoms with Gasteiger partial charge in [0.1, 0.15) is 0 Å². The number of aromatic nitrogens is 2. The number of nitrogens with one attached hydrogen (secondary N) is 1. The highest BCUT2D eigenvalue weighted by atomic mass is 19.2. The predicted molar refractivity (Wildman–Crippen MR) is 96.1 cm³/mol. The Bertz CT molecular complexity index is 1060. The van der Waals surface area contributed by atoms with E-state index in [1.807, 2.05) is 19.1 Å². The van der Waals surface area contributed by atoms with Gasteiger partial charge in [-0.2, -0.15) is 0 Å². The predicted octanol–water partition coefficient (Wildman–Crippen LogP) is 3.66. The highest BCUT2D eigenvalue weighted by molar-refractivity contribution is 5.90. The Labute approximate surface area is 153 Å². The lowest BCUT2D eigenvalue weighted by atomic mass is 10.2. The Hall–Kier alpha value is -3.03. The van der Waals surface area contributed by atoms with Crippen molar-refractivity contribution in [1.82, 2.24) is 9.13 Å². The summed E-state index contributed by atoms with van der Waals surface area (Å²) in [5, 5.41) is 2.21. The molecule has 0 bridgehead atoms. The highest BCUT2D eigenvalue weighted by Crippen LogP contribution is 2.20. The molecule has 0 radical (unpaired) electrons. The summed E-state index contributed by atoms with van der Waals surface area (Å²) in [6.45, 7) is 2.59. The number of carbonyl (C=O) groups excluding carboxylic acids is 1. The Balaban J connectivity index is 1.79. The fourth-order valence-corrected chi connectivity index (χ4v) is 2.98. The van der Waals surface area contributed by atoms with Crippen molar-refractivity contribution in [2.75, 3.05) is 5.32 Å². The van der Waals surface area contributed by atoms with Gasteiger partial charge in [-0.15, -0.1) is 0 Å². The van der Waals surface area contributed by atoms with Gasteiger partial charge in [0, 0.05) is 19.5 Å². The van der Waals surface area contributed by atoms with Crippen LogP contribution < -0.4 is 11.0 Å². The molecule has 2 aromatic carbocycles. The zero-order valence-corrected chi connectivity index (χ0v) is 14.6. The number of carbonyl (C=O) groups is 1. The lowest BCUT2D eigenvalue weighted by molar-refractivity contribution is -0.116. The van der Waals surface area contributed by atoms with E-state index in [-0.39, 0.29) is 18.7 Å². The van der Waals surface area contributed by atoms with Gasteiger partial charge in [-0.1, -0.05) is 19.1 Å². The van der Waals surface area contributed by atoms with Crippen LogP contribution in [-0.4, -0.2) is 15.0 Å². The van der Waals surface area contributed by atoms with Gasteiger partial charge >= 0.3 is 5.69 Å². The summed E-state index contributed by atoms with van der Waals surface area (Å²) >= 11 is 0. The van der Waals surface area contributed by atoms with Crippen LogP contribution in [0, 0.1) is 17.5 Å². The summed E-state index contributed by atoms with van der Waals surface area (Å²) in [5.74, 6) is -5.05. The van der Waals surface area contributed by atoms with Crippen molar-refractivity contribution in [2.45, 2.75) is 32.9 Å². The molecule has 5 nitrogen and oxygen atoms in total. The van der Waals surface area contributed by atoms with Crippen LogP contribution in [-0.2, 0) is 17.9 Å². The van der Waals surface area contributed by atoms with E-state index in [1.54, 1.807) is 16.7 Å². The van der Waals surface area contributed by atoms with Gasteiger partial charge in [-0.3, -0.25) is 13.9 Å². The van der Waals surface area contributed by atoms with Gasteiger partial charge in [-0.05, 0) is 30.7 Å². The number of aryl methyl sites for hydroxylation is 2. The number of halogens is 3. The van der Waals surface area contributed by atoms with Gasteiger partial charge in [0.05, 0.1) is 16.7 Å². The third-order valence-electron chi connectivity index (χ3n) is 4.24. The van der Waals surface area contributed by atoms with Crippen LogP contribution in [0.25, 0.3) is 11.0 Å². The van der Waals surface area contributed by atoms with Crippen LogP contribution in [0.4, 0.5) is 18.9 Å². The Morgan fingerprint density at radius 2 is 1.59 bits per heavy atom. The van der Waals surface area contributed by atoms with Crippen LogP contribution in [0.3, 0.4) is 0 Å². The van der Waals surface area contributed by atoms with Crippen molar-refractivity contribution in [3.05, 3.63) is 64.3 Å². The molecule has 0 aliphatic rings. The van der Waals surface area contributed by atoms with Crippen molar-refractivity contribution in [2.24, 2.45) is 0 Å². The van der Waals surface area contributed by atoms with E-state index in [2.05, 4.69) is 5.32 Å². The number of hydrogen-bond acceptors (Lipinski definition) is 2. The number of amides is 1. The molecule has 0 saturated carbocycles. The average Bonchev–Trinajstić information content (AvgIpc) is 2.92. The number of para-hydroxylation sites is 2. The van der Waals surface area contributed by atoms with E-state index in [4.69, 9.17) is 0 Å². The second-order valence-corrected chi connectivity index (χ2v) is 6.10. The summed E-state index contributed by atoms with van der Waals surface area (Å²) in [6.07, 6.45) is 0.655. The van der Waals surface area contributed by atoms with Gasteiger partial charge in [-0.25, -0.2) is 18.0 Å². The molecule has 3 aromatic rings. The molecule has 0 atom stereocenters. The van der Waals surface area contributed by atoms with E-state index < -0.39 is 29.0 Å². The molecule has 3 rings (SSSR count). The molecule has 8 heteroatoms. The first kappa shape index (κ1) is 18.8. The number of fused-ring (bicyclic) bond motifs is 1. The summed E-state index contributed by atoms with van der Waals surface area (Å²) in [4.78, 5) is 24.7. The molecule has 0 unspecified atom stereocenters. The van der Waals surface area contributed by atoms with E-state index in [1.165, 1.54) is 4.57 Å². The fourth-order valence-electron chi connectivity index (χ4n) is 2.98. The second kappa shape index (κ2) is 7.69. The number of rotatable bonds is 6. The van der Waals surface area contributed by atoms with Crippen molar-refractivity contribution in [3.8, 4) is 0 Å². The third kappa shape index (κ3) is 3.60. The lowest BCUT2D eigenvalue weighted by Crippen LogP contribution is -2.26. The second-order valence-electron chi connectivity index (χ2n) is 6.10. The highest BCUT2D eigenvalue weighted by Gasteiger charge is 2.17. The van der Waals surface area contributed by atoms with Crippen LogP contribution in [0.15, 0.2) is 41.2 Å². The molecular weight excluding hydrogens is 359 g/mol. The summed E-state index contributed by atoms with van der Waals surface area (Å²) in [5.41, 5.74) is 0.795. The smallest absolute Gasteiger partial charge is 0.323 e. The monoisotopic (exact) mass is 377 g/mol. The molecule has 1 aromatic heterocycles. The first-order valence-corrected chi connectivity index (χ1v) is 8.55. The summed E-state index contributed by atoms with van der Waals surface area (Å²) in [7, 11) is 0. The van der Waals surface area contributed by atoms with Crippen molar-refractivity contribution in [3.63, 3.8) is 0 Å². The molecule has 0 fully saturated rings. The molecule has 0 saturated heterocycles. The number of hydrogen-bond donors (Lipinski definition) is 1. The number of nitrogens with zero attached hydrogens (tertiary/aromatic N) is 2. The summed E-state index contributed by atoms with van der Waals surface area (Å²) in [6, 6.07) is 8.93. The van der Waals surface area contributed by atoms with Crippen LogP contribution in [0.5, 0.6) is 0 Å². The minimum atomic E-state index is -1.65. The first-order valence-electron chi connectivity index (χ1n) is 8.55. The van der Waals surface area contributed by atoms with Crippen LogP contribution >= 0.6 is 0 Å². The molecule has 142 valence electrons. The zero-order chi connectivity index (χ0) is 19.6. The lowest BCUT2D eigenvalue weighted by Gasteiger charge is -2.08. The fraction of sp³-hybridized carbons (Fsp3) is 0.263. The van der Waals surface area contributed by atoms with Crippen molar-refractivity contribution < 1.29 is 18.0 Å². The van der Waals surface area contributed by atoms with Gasteiger partial charge in [0.2, 0.25) is 5.91 Å². The number of anilines is 1. The van der Waals surface area contributed by atoms with E-state index in [9.17, 15) is 22.8 Å². The minimum Gasteiger partial charge on any atom is -0.323 e. The van der Waals surface area contributed by atoms with E-state index in [0.29, 0.717) is 12.1 Å². The SMILES string of the molecule is CCCn1c(=O)n(CCC(=O)Nc2ccc(F)c(F)c2F)c2ccccc21. The van der Waals surface area contributed by atoms with E-state index >= 15 is 0 Å². The maximum Gasteiger partial charge on any atom is 0.329 e. The van der Waals surface area contributed by atoms with Crippen molar-refractivity contribution >= 4 is 22.6 Å². The Morgan fingerprint density at radius 1 is 0.963 bits per heavy atom. The molecule has 0 aliphatic heterocycles. The van der Waals surface area contributed by atoms with Gasteiger partial charge in [0.15, 0.2) is 17.5 Å². The first-order chi connectivity index (χ1) is 12.9. The standard InChI is InChI=1S/C19H18F3N3O2/c1-2-10-24-14-5-3-4-6-15(14)25(19(24)27)11-9-16(26)23-13-8-7-12(20)17(21)18(13)22/h3-8H,2,9-11H2,1H3,(H,23,26). The van der Waals surface area contributed by atoms with Crippen LogP contribution in [0.1, 0.15) is 19.8 Å². The third-order valence-corrected chi connectivity index (χ3v) is 4.24. The Morgan fingerprint density at radius 3 is 2.22 bits per heavy atom. The molecule has 27 heavy (non-hydrogen) atoms.